The van der Waals surface area contributed by atoms with E-state index in [4.69, 9.17) is 9.84 Å². The Morgan fingerprint density at radius 1 is 0.905 bits per heavy atom. The average Bonchev–Trinajstić information content (AvgIpc) is 2.49. The van der Waals surface area contributed by atoms with Crippen LogP contribution in [0.4, 0.5) is 0 Å². The predicted octanol–water partition coefficient (Wildman–Crippen LogP) is 4.45. The molecule has 0 unspecified atom stereocenters. The van der Waals surface area contributed by atoms with Crippen molar-refractivity contribution in [2.45, 2.75) is 32.6 Å². The quantitative estimate of drug-likeness (QED) is 0.817. The topological polar surface area (TPSA) is 46.5 Å². The molecule has 3 nitrogen and oxygen atoms in total. The molecule has 0 aliphatic rings. The summed E-state index contributed by atoms with van der Waals surface area (Å²) < 4.78 is 5.78. The number of hydrogen-bond acceptors (Lipinski definition) is 2. The molecule has 0 amide bonds. The number of benzene rings is 2. The van der Waals surface area contributed by atoms with E-state index in [1.165, 1.54) is 5.56 Å². The van der Waals surface area contributed by atoms with E-state index in [1.807, 2.05) is 36.4 Å². The van der Waals surface area contributed by atoms with Gasteiger partial charge in [-0.3, -0.25) is 4.79 Å². The van der Waals surface area contributed by atoms with Gasteiger partial charge in [0.25, 0.3) is 0 Å². The average molecular weight is 284 g/mol. The molecule has 0 atom stereocenters. The SMILES string of the molecule is CCCc1ccc(Oc2ccc(CCC(=O)O)cc2)cc1. The van der Waals surface area contributed by atoms with E-state index >= 15 is 0 Å². The van der Waals surface area contributed by atoms with Crippen molar-refractivity contribution in [1.29, 1.82) is 0 Å². The zero-order chi connectivity index (χ0) is 15.1. The van der Waals surface area contributed by atoms with Crippen molar-refractivity contribution in [2.24, 2.45) is 0 Å². The zero-order valence-electron chi connectivity index (χ0n) is 12.2. The first-order chi connectivity index (χ1) is 10.2. The van der Waals surface area contributed by atoms with Gasteiger partial charge in [0.05, 0.1) is 0 Å². The second-order valence-corrected chi connectivity index (χ2v) is 5.03. The maximum absolute atomic E-state index is 10.5. The van der Waals surface area contributed by atoms with Crippen molar-refractivity contribution < 1.29 is 14.6 Å². The van der Waals surface area contributed by atoms with Crippen molar-refractivity contribution >= 4 is 5.97 Å². The fourth-order valence-electron chi connectivity index (χ4n) is 2.12. The number of carboxylic acids is 1. The fourth-order valence-corrected chi connectivity index (χ4v) is 2.12. The number of hydrogen-bond donors (Lipinski definition) is 1. The highest BCUT2D eigenvalue weighted by Gasteiger charge is 2.01. The molecule has 3 heteroatoms. The molecule has 0 radical (unpaired) electrons. The molecular weight excluding hydrogens is 264 g/mol. The molecule has 0 aromatic heterocycles. The van der Waals surface area contributed by atoms with Gasteiger partial charge >= 0.3 is 5.97 Å². The van der Waals surface area contributed by atoms with Crippen LogP contribution < -0.4 is 4.74 Å². The molecule has 1 N–H and O–H groups in total. The Morgan fingerprint density at radius 2 is 1.38 bits per heavy atom. The lowest BCUT2D eigenvalue weighted by Crippen LogP contribution is -1.97. The first-order valence-corrected chi connectivity index (χ1v) is 7.25. The molecule has 2 aromatic carbocycles. The van der Waals surface area contributed by atoms with Crippen LogP contribution >= 0.6 is 0 Å². The highest BCUT2D eigenvalue weighted by Crippen LogP contribution is 2.22. The second-order valence-electron chi connectivity index (χ2n) is 5.03. The minimum Gasteiger partial charge on any atom is -0.481 e. The van der Waals surface area contributed by atoms with Crippen LogP contribution in [0, 0.1) is 0 Å². The summed E-state index contributed by atoms with van der Waals surface area (Å²) in [7, 11) is 0. The van der Waals surface area contributed by atoms with Crippen molar-refractivity contribution in [1.82, 2.24) is 0 Å². The molecule has 0 heterocycles. The highest BCUT2D eigenvalue weighted by molar-refractivity contribution is 5.67. The summed E-state index contributed by atoms with van der Waals surface area (Å²) in [4.78, 5) is 10.5. The Morgan fingerprint density at radius 3 is 1.81 bits per heavy atom. The highest BCUT2D eigenvalue weighted by atomic mass is 16.5. The number of carbonyl (C=O) groups is 1. The summed E-state index contributed by atoms with van der Waals surface area (Å²) in [5, 5.41) is 8.66. The molecule has 0 spiro atoms. The van der Waals surface area contributed by atoms with Crippen molar-refractivity contribution in [3.8, 4) is 11.5 Å². The van der Waals surface area contributed by atoms with E-state index in [0.717, 1.165) is 29.9 Å². The van der Waals surface area contributed by atoms with Crippen LogP contribution in [0.25, 0.3) is 0 Å². The van der Waals surface area contributed by atoms with E-state index in [0.29, 0.717) is 6.42 Å². The summed E-state index contributed by atoms with van der Waals surface area (Å²) in [6, 6.07) is 15.7. The van der Waals surface area contributed by atoms with Gasteiger partial charge in [-0.15, -0.1) is 0 Å². The molecule has 21 heavy (non-hydrogen) atoms. The number of aryl methyl sites for hydroxylation is 2. The molecule has 0 aliphatic heterocycles. The lowest BCUT2D eigenvalue weighted by Gasteiger charge is -2.07. The molecule has 0 bridgehead atoms. The first-order valence-electron chi connectivity index (χ1n) is 7.25. The third kappa shape index (κ3) is 4.95. The van der Waals surface area contributed by atoms with Gasteiger partial charge in [-0.1, -0.05) is 37.6 Å². The lowest BCUT2D eigenvalue weighted by molar-refractivity contribution is -0.136. The minimum atomic E-state index is -0.775. The Hall–Kier alpha value is -2.29. The monoisotopic (exact) mass is 284 g/mol. The van der Waals surface area contributed by atoms with Gasteiger partial charge in [0.2, 0.25) is 0 Å². The summed E-state index contributed by atoms with van der Waals surface area (Å²) in [5.41, 5.74) is 2.32. The van der Waals surface area contributed by atoms with Crippen molar-refractivity contribution in [3.05, 3.63) is 59.7 Å². The van der Waals surface area contributed by atoms with Crippen LogP contribution in [0.1, 0.15) is 30.9 Å². The van der Waals surface area contributed by atoms with E-state index < -0.39 is 5.97 Å². The van der Waals surface area contributed by atoms with Crippen LogP contribution in [-0.4, -0.2) is 11.1 Å². The summed E-state index contributed by atoms with van der Waals surface area (Å²) >= 11 is 0. The maximum Gasteiger partial charge on any atom is 0.303 e. The van der Waals surface area contributed by atoms with Crippen LogP contribution in [0.5, 0.6) is 11.5 Å². The van der Waals surface area contributed by atoms with E-state index in [9.17, 15) is 4.79 Å². The number of aliphatic carboxylic acids is 1. The van der Waals surface area contributed by atoms with Gasteiger partial charge < -0.3 is 9.84 Å². The van der Waals surface area contributed by atoms with Gasteiger partial charge in [0.1, 0.15) is 11.5 Å². The Labute approximate surface area is 125 Å². The molecule has 0 saturated heterocycles. The molecule has 0 saturated carbocycles. The third-order valence-corrected chi connectivity index (χ3v) is 3.25. The number of ether oxygens (including phenoxy) is 1. The van der Waals surface area contributed by atoms with Gasteiger partial charge in [-0.05, 0) is 48.2 Å². The Bertz CT molecular complexity index is 570. The van der Waals surface area contributed by atoms with Crippen LogP contribution in [0.3, 0.4) is 0 Å². The lowest BCUT2D eigenvalue weighted by atomic mass is 10.1. The standard InChI is InChI=1S/C18H20O3/c1-2-3-14-4-9-16(10-5-14)21-17-11-6-15(7-12-17)8-13-18(19)20/h4-7,9-12H,2-3,8,13H2,1H3,(H,19,20). The molecule has 0 aliphatic carbocycles. The van der Waals surface area contributed by atoms with Gasteiger partial charge in [0, 0.05) is 6.42 Å². The summed E-state index contributed by atoms with van der Waals surface area (Å²) in [6.07, 6.45) is 2.91. The molecule has 110 valence electrons. The third-order valence-electron chi connectivity index (χ3n) is 3.25. The van der Waals surface area contributed by atoms with E-state index in [-0.39, 0.29) is 6.42 Å². The van der Waals surface area contributed by atoms with Gasteiger partial charge in [-0.25, -0.2) is 0 Å². The fraction of sp³-hybridized carbons (Fsp3) is 0.278. The number of rotatable bonds is 7. The normalized spacial score (nSPS) is 10.3. The predicted molar refractivity (Wildman–Crippen MR) is 82.9 cm³/mol. The second kappa shape index (κ2) is 7.48. The van der Waals surface area contributed by atoms with Crippen LogP contribution in [-0.2, 0) is 17.6 Å². The van der Waals surface area contributed by atoms with Crippen LogP contribution in [0.2, 0.25) is 0 Å². The first kappa shape index (κ1) is 15.1. The van der Waals surface area contributed by atoms with E-state index in [1.54, 1.807) is 0 Å². The number of carboxylic acid groups (broad SMARTS) is 1. The van der Waals surface area contributed by atoms with Crippen molar-refractivity contribution in [3.63, 3.8) is 0 Å². The largest absolute Gasteiger partial charge is 0.481 e. The minimum absolute atomic E-state index is 0.152. The van der Waals surface area contributed by atoms with E-state index in [2.05, 4.69) is 19.1 Å². The van der Waals surface area contributed by atoms with Crippen molar-refractivity contribution in [2.75, 3.05) is 0 Å². The smallest absolute Gasteiger partial charge is 0.303 e. The molecular formula is C18H20O3. The molecule has 2 aromatic rings. The summed E-state index contributed by atoms with van der Waals surface area (Å²) in [6.45, 7) is 2.16. The Kier molecular flexibility index (Phi) is 5.38. The maximum atomic E-state index is 10.5. The molecule has 2 rings (SSSR count). The summed E-state index contributed by atoms with van der Waals surface area (Å²) in [5.74, 6) is 0.799. The van der Waals surface area contributed by atoms with Gasteiger partial charge in [0.15, 0.2) is 0 Å². The van der Waals surface area contributed by atoms with Gasteiger partial charge in [-0.2, -0.15) is 0 Å². The molecule has 0 fully saturated rings. The van der Waals surface area contributed by atoms with Crippen LogP contribution in [0.15, 0.2) is 48.5 Å². The Balaban J connectivity index is 1.94. The zero-order valence-corrected chi connectivity index (χ0v) is 12.2.